The maximum atomic E-state index is 6.25. The number of hydrogen-bond acceptors (Lipinski definition) is 2. The Balaban J connectivity index is 1.97. The van der Waals surface area contributed by atoms with Gasteiger partial charge < -0.3 is 9.31 Å². The van der Waals surface area contributed by atoms with Gasteiger partial charge in [-0.1, -0.05) is 67.8 Å². The standard InChI is InChI=1S/C24H25BO2/c1-7-17-18(8-2)22-15-16(25-26-23(3,4)24(5,6)27-25)13-14-21(22)20-12-10-9-11-19(17)20/h7-15H,1-2H2,3-6H3. The van der Waals surface area contributed by atoms with E-state index in [1.165, 1.54) is 16.2 Å². The molecule has 0 aromatic heterocycles. The molecule has 0 aliphatic carbocycles. The van der Waals surface area contributed by atoms with E-state index in [0.717, 1.165) is 22.0 Å². The molecule has 0 radical (unpaired) electrons. The fraction of sp³-hybridized carbons (Fsp3) is 0.250. The Hall–Kier alpha value is -2.36. The van der Waals surface area contributed by atoms with Crippen molar-refractivity contribution in [2.24, 2.45) is 0 Å². The minimum Gasteiger partial charge on any atom is -0.399 e. The summed E-state index contributed by atoms with van der Waals surface area (Å²) in [7, 11) is -0.379. The van der Waals surface area contributed by atoms with Gasteiger partial charge in [-0.25, -0.2) is 0 Å². The van der Waals surface area contributed by atoms with E-state index in [1.54, 1.807) is 0 Å². The summed E-state index contributed by atoms with van der Waals surface area (Å²) in [5, 5.41) is 4.75. The minimum absolute atomic E-state index is 0.358. The van der Waals surface area contributed by atoms with Crippen LogP contribution in [0, 0.1) is 0 Å². The Morgan fingerprint density at radius 3 is 1.85 bits per heavy atom. The summed E-state index contributed by atoms with van der Waals surface area (Å²) in [5.41, 5.74) is 2.51. The van der Waals surface area contributed by atoms with Crippen LogP contribution in [0.2, 0.25) is 0 Å². The van der Waals surface area contributed by atoms with Gasteiger partial charge in [-0.2, -0.15) is 0 Å². The summed E-state index contributed by atoms with van der Waals surface area (Å²) in [6, 6.07) is 14.9. The van der Waals surface area contributed by atoms with Gasteiger partial charge in [-0.15, -0.1) is 0 Å². The van der Waals surface area contributed by atoms with Crippen LogP contribution in [0.4, 0.5) is 0 Å². The van der Waals surface area contributed by atoms with Crippen molar-refractivity contribution in [1.29, 1.82) is 0 Å². The molecule has 0 N–H and O–H groups in total. The van der Waals surface area contributed by atoms with E-state index in [9.17, 15) is 0 Å². The number of hydrogen-bond donors (Lipinski definition) is 0. The smallest absolute Gasteiger partial charge is 0.399 e. The van der Waals surface area contributed by atoms with Crippen LogP contribution in [0.25, 0.3) is 33.7 Å². The van der Waals surface area contributed by atoms with Gasteiger partial charge in [0.1, 0.15) is 0 Å². The summed E-state index contributed by atoms with van der Waals surface area (Å²) in [5.74, 6) is 0. The molecule has 3 aromatic carbocycles. The SMILES string of the molecule is C=Cc1c(C=C)c2cc(B3OC(C)(C)C(C)(C)O3)ccc2c2ccccc12. The first-order chi connectivity index (χ1) is 12.8. The normalized spacial score (nSPS) is 18.1. The van der Waals surface area contributed by atoms with Gasteiger partial charge >= 0.3 is 7.12 Å². The highest BCUT2D eigenvalue weighted by atomic mass is 16.7. The molecule has 0 amide bonds. The lowest BCUT2D eigenvalue weighted by molar-refractivity contribution is 0.00578. The first-order valence-corrected chi connectivity index (χ1v) is 9.38. The zero-order valence-corrected chi connectivity index (χ0v) is 16.5. The predicted molar refractivity (Wildman–Crippen MR) is 117 cm³/mol. The average molecular weight is 356 g/mol. The summed E-state index contributed by atoms with van der Waals surface area (Å²) in [4.78, 5) is 0. The minimum atomic E-state index is -0.379. The highest BCUT2D eigenvalue weighted by molar-refractivity contribution is 6.62. The van der Waals surface area contributed by atoms with Crippen molar-refractivity contribution < 1.29 is 9.31 Å². The predicted octanol–water partition coefficient (Wildman–Crippen LogP) is 5.58. The van der Waals surface area contributed by atoms with Crippen LogP contribution in [-0.2, 0) is 9.31 Å². The highest BCUT2D eigenvalue weighted by Crippen LogP contribution is 2.38. The number of rotatable bonds is 3. The van der Waals surface area contributed by atoms with E-state index in [4.69, 9.17) is 9.31 Å². The second kappa shape index (κ2) is 6.08. The third-order valence-corrected chi connectivity index (χ3v) is 6.07. The summed E-state index contributed by atoms with van der Waals surface area (Å²) < 4.78 is 12.5. The molecule has 1 aliphatic heterocycles. The summed E-state index contributed by atoms with van der Waals surface area (Å²) in [6.45, 7) is 16.4. The first-order valence-electron chi connectivity index (χ1n) is 9.38. The third-order valence-electron chi connectivity index (χ3n) is 6.07. The second-order valence-electron chi connectivity index (χ2n) is 8.17. The van der Waals surface area contributed by atoms with Crippen LogP contribution in [0.3, 0.4) is 0 Å². The zero-order chi connectivity index (χ0) is 19.4. The molecule has 0 unspecified atom stereocenters. The van der Waals surface area contributed by atoms with E-state index in [-0.39, 0.29) is 18.3 Å². The molecule has 27 heavy (non-hydrogen) atoms. The molecule has 136 valence electrons. The molecular formula is C24H25BO2. The van der Waals surface area contributed by atoms with E-state index >= 15 is 0 Å². The van der Waals surface area contributed by atoms with Crippen molar-refractivity contribution in [2.45, 2.75) is 38.9 Å². The first kappa shape index (κ1) is 18.0. The van der Waals surface area contributed by atoms with Gasteiger partial charge in [0.2, 0.25) is 0 Å². The molecule has 0 saturated carbocycles. The van der Waals surface area contributed by atoms with Crippen LogP contribution in [0.1, 0.15) is 38.8 Å². The highest BCUT2D eigenvalue weighted by Gasteiger charge is 2.51. The molecule has 2 nitrogen and oxygen atoms in total. The van der Waals surface area contributed by atoms with Crippen molar-refractivity contribution in [3.05, 3.63) is 66.7 Å². The van der Waals surface area contributed by atoms with Crippen LogP contribution in [-0.4, -0.2) is 18.3 Å². The topological polar surface area (TPSA) is 18.5 Å². The van der Waals surface area contributed by atoms with Gasteiger partial charge in [0.25, 0.3) is 0 Å². The van der Waals surface area contributed by atoms with Crippen molar-refractivity contribution in [2.75, 3.05) is 0 Å². The van der Waals surface area contributed by atoms with E-state index < -0.39 is 0 Å². The van der Waals surface area contributed by atoms with E-state index in [0.29, 0.717) is 0 Å². The van der Waals surface area contributed by atoms with Crippen molar-refractivity contribution >= 4 is 46.3 Å². The van der Waals surface area contributed by atoms with Crippen molar-refractivity contribution in [3.63, 3.8) is 0 Å². The Morgan fingerprint density at radius 1 is 0.741 bits per heavy atom. The Kier molecular flexibility index (Phi) is 4.06. The van der Waals surface area contributed by atoms with Crippen LogP contribution < -0.4 is 5.46 Å². The van der Waals surface area contributed by atoms with Crippen molar-refractivity contribution in [3.8, 4) is 0 Å². The zero-order valence-electron chi connectivity index (χ0n) is 16.5. The molecule has 1 heterocycles. The molecule has 4 rings (SSSR count). The van der Waals surface area contributed by atoms with E-state index in [1.807, 2.05) is 12.2 Å². The van der Waals surface area contributed by atoms with Gasteiger partial charge in [0, 0.05) is 0 Å². The lowest BCUT2D eigenvalue weighted by atomic mass is 9.77. The molecule has 1 fully saturated rings. The van der Waals surface area contributed by atoms with Crippen molar-refractivity contribution in [1.82, 2.24) is 0 Å². The van der Waals surface area contributed by atoms with Gasteiger partial charge in [-0.3, -0.25) is 0 Å². The summed E-state index contributed by atoms with van der Waals surface area (Å²) >= 11 is 0. The van der Waals surface area contributed by atoms with Crippen LogP contribution in [0.5, 0.6) is 0 Å². The molecule has 0 spiro atoms. The van der Waals surface area contributed by atoms with Gasteiger partial charge in [-0.05, 0) is 65.8 Å². The molecule has 3 aromatic rings. The monoisotopic (exact) mass is 356 g/mol. The molecule has 3 heteroatoms. The Labute approximate surface area is 161 Å². The largest absolute Gasteiger partial charge is 0.494 e. The Morgan fingerprint density at radius 2 is 1.26 bits per heavy atom. The Bertz CT molecular complexity index is 1060. The number of benzene rings is 3. The quantitative estimate of drug-likeness (QED) is 0.451. The van der Waals surface area contributed by atoms with Crippen LogP contribution in [0.15, 0.2) is 55.6 Å². The number of fused-ring (bicyclic) bond motifs is 3. The van der Waals surface area contributed by atoms with E-state index in [2.05, 4.69) is 83.3 Å². The molecule has 1 saturated heterocycles. The lowest BCUT2D eigenvalue weighted by Crippen LogP contribution is -2.41. The molecule has 0 atom stereocenters. The maximum Gasteiger partial charge on any atom is 0.494 e. The van der Waals surface area contributed by atoms with Gasteiger partial charge in [0.05, 0.1) is 11.2 Å². The molecule has 1 aliphatic rings. The van der Waals surface area contributed by atoms with Crippen LogP contribution >= 0.6 is 0 Å². The average Bonchev–Trinajstić information content (AvgIpc) is 2.87. The fourth-order valence-electron chi connectivity index (χ4n) is 3.83. The fourth-order valence-corrected chi connectivity index (χ4v) is 3.83. The maximum absolute atomic E-state index is 6.25. The molecular weight excluding hydrogens is 331 g/mol. The van der Waals surface area contributed by atoms with Gasteiger partial charge in [0.15, 0.2) is 0 Å². The third kappa shape index (κ3) is 2.65. The second-order valence-corrected chi connectivity index (χ2v) is 8.17. The summed E-state index contributed by atoms with van der Waals surface area (Å²) in [6.07, 6.45) is 3.83. The molecule has 0 bridgehead atoms. The lowest BCUT2D eigenvalue weighted by Gasteiger charge is -2.32.